The molecule has 2 aliphatic rings. The van der Waals surface area contributed by atoms with E-state index in [-0.39, 0.29) is 0 Å². The summed E-state index contributed by atoms with van der Waals surface area (Å²) in [7, 11) is 1.86. The van der Waals surface area contributed by atoms with Gasteiger partial charge >= 0.3 is 11.9 Å². The Morgan fingerprint density at radius 3 is 2.59 bits per heavy atom. The maximum Gasteiger partial charge on any atom is 0.362 e. The predicted octanol–water partition coefficient (Wildman–Crippen LogP) is 2.23. The van der Waals surface area contributed by atoms with Crippen molar-refractivity contribution in [3.8, 4) is 5.95 Å². The van der Waals surface area contributed by atoms with Crippen LogP contribution >= 0.6 is 0 Å². The number of carbonyl (C=O) groups is 1. The van der Waals surface area contributed by atoms with Crippen molar-refractivity contribution in [2.75, 3.05) is 5.32 Å². The number of carboxylic acid groups (broad SMARTS) is 1. The number of fused-ring (bicyclic) bond motifs is 1. The first-order valence-electron chi connectivity index (χ1n) is 9.96. The van der Waals surface area contributed by atoms with Crippen LogP contribution in [0.4, 0.5) is 11.5 Å². The zero-order chi connectivity index (χ0) is 20.0. The molecule has 1 aromatic carbocycles. The van der Waals surface area contributed by atoms with Crippen molar-refractivity contribution in [3.05, 3.63) is 53.7 Å². The number of hydrogen-bond acceptors (Lipinski definition) is 5. The maximum absolute atomic E-state index is 11.7. The number of aromatic nitrogens is 5. The fraction of sp³-hybridized carbons (Fsp3) is 0.381. The molecule has 8 nitrogen and oxygen atoms in total. The van der Waals surface area contributed by atoms with E-state index in [0.717, 1.165) is 54.0 Å². The lowest BCUT2D eigenvalue weighted by molar-refractivity contribution is -0.604. The molecule has 0 radical (unpaired) electrons. The fourth-order valence-electron chi connectivity index (χ4n) is 4.28. The number of aryl methyl sites for hydroxylation is 2. The van der Waals surface area contributed by atoms with Gasteiger partial charge in [-0.3, -0.25) is 4.79 Å². The molecule has 1 fully saturated rings. The van der Waals surface area contributed by atoms with Gasteiger partial charge in [0.15, 0.2) is 12.1 Å². The zero-order valence-corrected chi connectivity index (χ0v) is 16.3. The van der Waals surface area contributed by atoms with Gasteiger partial charge in [-0.05, 0) is 54.9 Å². The Morgan fingerprint density at radius 1 is 1.17 bits per heavy atom. The number of aliphatic carboxylic acids is 1. The molecule has 0 atom stereocenters. The van der Waals surface area contributed by atoms with E-state index >= 15 is 0 Å². The molecule has 2 heterocycles. The topological polar surface area (TPSA) is 96.8 Å². The molecule has 0 saturated heterocycles. The van der Waals surface area contributed by atoms with E-state index in [4.69, 9.17) is 9.97 Å². The molecule has 148 valence electrons. The van der Waals surface area contributed by atoms with Crippen LogP contribution in [-0.2, 0) is 30.1 Å². The van der Waals surface area contributed by atoms with Crippen molar-refractivity contribution in [3.63, 3.8) is 0 Å². The molecule has 8 heteroatoms. The first-order chi connectivity index (χ1) is 14.0. The highest BCUT2D eigenvalue weighted by molar-refractivity contribution is 5.82. The van der Waals surface area contributed by atoms with E-state index in [1.807, 2.05) is 37.6 Å². The lowest BCUT2D eigenvalue weighted by Crippen LogP contribution is -2.42. The van der Waals surface area contributed by atoms with E-state index in [1.165, 1.54) is 0 Å². The Bertz CT molecular complexity index is 1090. The van der Waals surface area contributed by atoms with E-state index in [2.05, 4.69) is 10.4 Å². The largest absolute Gasteiger partial charge is 0.481 e. The normalized spacial score (nSPS) is 16.9. The van der Waals surface area contributed by atoms with Crippen molar-refractivity contribution in [2.45, 2.75) is 43.9 Å². The molecule has 0 unspecified atom stereocenters. The van der Waals surface area contributed by atoms with Gasteiger partial charge in [-0.25, -0.2) is 0 Å². The summed E-state index contributed by atoms with van der Waals surface area (Å²) in [4.78, 5) is 21.2. The molecule has 1 saturated carbocycles. The fourth-order valence-corrected chi connectivity index (χ4v) is 4.28. The highest BCUT2D eigenvalue weighted by atomic mass is 16.4. The second-order valence-corrected chi connectivity index (χ2v) is 7.92. The third-order valence-electron chi connectivity index (χ3n) is 6.12. The molecule has 2 aliphatic carbocycles. The summed E-state index contributed by atoms with van der Waals surface area (Å²) in [6, 6.07) is 7.74. The summed E-state index contributed by atoms with van der Waals surface area (Å²) in [6.07, 6.45) is 8.88. The molecular formula is C21H23N6O2+. The lowest BCUT2D eigenvalue weighted by Gasteiger charge is -2.38. The van der Waals surface area contributed by atoms with Gasteiger partial charge in [-0.2, -0.15) is 9.25 Å². The Kier molecular flexibility index (Phi) is 4.08. The first-order valence-corrected chi connectivity index (χ1v) is 9.96. The average molecular weight is 391 g/mol. The molecule has 2 N–H and O–H groups in total. The monoisotopic (exact) mass is 391 g/mol. The summed E-state index contributed by atoms with van der Waals surface area (Å²) < 4.78 is 3.52. The van der Waals surface area contributed by atoms with Crippen LogP contribution in [0.25, 0.3) is 5.95 Å². The van der Waals surface area contributed by atoms with Crippen LogP contribution in [0.15, 0.2) is 36.9 Å². The SMILES string of the molecule is Cn1c[n+](-c2nc3c(c(Nc4ccc(C5(C(=O)O)CCC5)cc4)n2)CCC3)cn1. The van der Waals surface area contributed by atoms with Crippen LogP contribution in [0, 0.1) is 0 Å². The predicted molar refractivity (Wildman–Crippen MR) is 105 cm³/mol. The number of rotatable bonds is 5. The van der Waals surface area contributed by atoms with Gasteiger partial charge in [0, 0.05) is 11.3 Å². The molecule has 5 rings (SSSR count). The van der Waals surface area contributed by atoms with E-state index in [0.29, 0.717) is 18.8 Å². The maximum atomic E-state index is 11.7. The van der Waals surface area contributed by atoms with Crippen molar-refractivity contribution >= 4 is 17.5 Å². The molecule has 0 bridgehead atoms. The molecule has 29 heavy (non-hydrogen) atoms. The second-order valence-electron chi connectivity index (χ2n) is 7.92. The van der Waals surface area contributed by atoms with Crippen LogP contribution in [0.3, 0.4) is 0 Å². The lowest BCUT2D eigenvalue weighted by atomic mass is 9.64. The van der Waals surface area contributed by atoms with Gasteiger partial charge in [0.05, 0.1) is 18.2 Å². The van der Waals surface area contributed by atoms with Gasteiger partial charge in [-0.1, -0.05) is 18.6 Å². The average Bonchev–Trinajstić information content (AvgIpc) is 3.30. The number of nitrogens with zero attached hydrogens (tertiary/aromatic N) is 5. The number of benzene rings is 1. The van der Waals surface area contributed by atoms with Crippen LogP contribution in [0.2, 0.25) is 0 Å². The summed E-state index contributed by atoms with van der Waals surface area (Å²) >= 11 is 0. The smallest absolute Gasteiger partial charge is 0.362 e. The molecule has 0 aliphatic heterocycles. The van der Waals surface area contributed by atoms with Gasteiger partial charge in [0.2, 0.25) is 6.33 Å². The second kappa shape index (κ2) is 6.65. The Labute approximate surface area is 168 Å². The van der Waals surface area contributed by atoms with Crippen LogP contribution in [0.5, 0.6) is 0 Å². The molecule has 2 aromatic heterocycles. The van der Waals surface area contributed by atoms with Crippen molar-refractivity contribution in [1.29, 1.82) is 0 Å². The standard InChI is InChI=1S/C21H22N6O2/c1-26-13-27(12-22-26)20-24-17-5-2-4-16(17)18(25-20)23-15-8-6-14(7-9-15)21(19(28)29)10-3-11-21/h6-9,12-13H,2-5,10-11H2,1H3,(H-,23,24,25,28,29)/p+1. The van der Waals surface area contributed by atoms with Crippen molar-refractivity contribution in [2.24, 2.45) is 7.05 Å². The van der Waals surface area contributed by atoms with E-state index in [1.54, 1.807) is 15.6 Å². The summed E-state index contributed by atoms with van der Waals surface area (Å²) in [6.45, 7) is 0. The summed E-state index contributed by atoms with van der Waals surface area (Å²) in [5, 5.41) is 17.3. The number of hydrogen-bond donors (Lipinski definition) is 2. The Morgan fingerprint density at radius 2 is 1.97 bits per heavy atom. The van der Waals surface area contributed by atoms with Crippen molar-refractivity contribution < 1.29 is 14.5 Å². The zero-order valence-electron chi connectivity index (χ0n) is 16.3. The van der Waals surface area contributed by atoms with Gasteiger partial charge in [0.1, 0.15) is 0 Å². The molecule has 3 aromatic rings. The van der Waals surface area contributed by atoms with Crippen LogP contribution < -0.4 is 9.88 Å². The van der Waals surface area contributed by atoms with E-state index < -0.39 is 11.4 Å². The summed E-state index contributed by atoms with van der Waals surface area (Å²) in [5.41, 5.74) is 3.29. The minimum absolute atomic E-state index is 0.595. The number of carboxylic acids is 1. The minimum Gasteiger partial charge on any atom is -0.481 e. The molecular weight excluding hydrogens is 368 g/mol. The quantitative estimate of drug-likeness (QED) is 0.648. The minimum atomic E-state index is -0.726. The van der Waals surface area contributed by atoms with Crippen LogP contribution in [-0.4, -0.2) is 30.8 Å². The van der Waals surface area contributed by atoms with E-state index in [9.17, 15) is 9.90 Å². The van der Waals surface area contributed by atoms with Crippen molar-refractivity contribution in [1.82, 2.24) is 19.7 Å². The Balaban J connectivity index is 1.46. The molecule has 0 spiro atoms. The number of anilines is 2. The molecule has 0 amide bonds. The summed E-state index contributed by atoms with van der Waals surface area (Å²) in [5.74, 6) is 0.677. The first kappa shape index (κ1) is 17.8. The van der Waals surface area contributed by atoms with Gasteiger partial charge in [0.25, 0.3) is 0 Å². The highest BCUT2D eigenvalue weighted by Crippen LogP contribution is 2.44. The third-order valence-corrected chi connectivity index (χ3v) is 6.12. The van der Waals surface area contributed by atoms with Gasteiger partial charge < -0.3 is 10.4 Å². The third kappa shape index (κ3) is 2.95. The Hall–Kier alpha value is -3.29. The van der Waals surface area contributed by atoms with Gasteiger partial charge in [-0.15, -0.1) is 9.97 Å². The number of nitrogens with one attached hydrogen (secondary N) is 1. The van der Waals surface area contributed by atoms with Crippen LogP contribution in [0.1, 0.15) is 42.5 Å². The highest BCUT2D eigenvalue weighted by Gasteiger charge is 2.45.